The zero-order chi connectivity index (χ0) is 13.1. The summed E-state index contributed by atoms with van der Waals surface area (Å²) in [4.78, 5) is 24.1. The van der Waals surface area contributed by atoms with Crippen LogP contribution in [0.1, 0.15) is 13.3 Å². The second-order valence-corrected chi connectivity index (χ2v) is 4.82. The number of amides is 2. The van der Waals surface area contributed by atoms with Gasteiger partial charge in [-0.2, -0.15) is 13.2 Å². The first kappa shape index (κ1) is 14.1. The number of nitrogens with one attached hydrogen (secondary N) is 1. The number of hydrogen-bond acceptors (Lipinski definition) is 3. The van der Waals surface area contributed by atoms with Crippen molar-refractivity contribution in [1.29, 1.82) is 0 Å². The van der Waals surface area contributed by atoms with Gasteiger partial charge in [-0.05, 0) is 18.7 Å². The summed E-state index contributed by atoms with van der Waals surface area (Å²) in [7, 11) is 0. The number of thioether (sulfide) groups is 1. The predicted molar refractivity (Wildman–Crippen MR) is 57.3 cm³/mol. The summed E-state index contributed by atoms with van der Waals surface area (Å²) < 4.78 is 35.8. The van der Waals surface area contributed by atoms with E-state index in [-0.39, 0.29) is 48.8 Å². The van der Waals surface area contributed by atoms with E-state index < -0.39 is 11.6 Å². The number of alkyl halides is 3. The van der Waals surface area contributed by atoms with E-state index >= 15 is 0 Å². The van der Waals surface area contributed by atoms with Gasteiger partial charge < -0.3 is 10.2 Å². The van der Waals surface area contributed by atoms with Gasteiger partial charge in [0.15, 0.2) is 0 Å². The van der Waals surface area contributed by atoms with Gasteiger partial charge in [-0.15, -0.1) is 0 Å². The van der Waals surface area contributed by atoms with Crippen LogP contribution in [0, 0.1) is 0 Å². The maximum atomic E-state index is 11.9. The average Bonchev–Trinajstić information content (AvgIpc) is 2.29. The van der Waals surface area contributed by atoms with Crippen molar-refractivity contribution < 1.29 is 22.8 Å². The van der Waals surface area contributed by atoms with Crippen molar-refractivity contribution in [2.45, 2.75) is 24.9 Å². The summed E-state index contributed by atoms with van der Waals surface area (Å²) in [6, 6.07) is -0.666. The number of carbonyl (C=O) groups is 2. The zero-order valence-corrected chi connectivity index (χ0v) is 10.0. The van der Waals surface area contributed by atoms with Crippen LogP contribution in [0.15, 0.2) is 0 Å². The van der Waals surface area contributed by atoms with E-state index in [0.29, 0.717) is 0 Å². The summed E-state index contributed by atoms with van der Waals surface area (Å²) in [6.45, 7) is 1.70. The average molecular weight is 270 g/mol. The Bertz CT molecular complexity index is 309. The molecule has 4 nitrogen and oxygen atoms in total. The Morgan fingerprint density at radius 3 is 2.71 bits per heavy atom. The Hall–Kier alpha value is -0.920. The zero-order valence-electron chi connectivity index (χ0n) is 9.21. The molecule has 1 heterocycles. The molecule has 1 unspecified atom stereocenters. The number of nitrogens with zero attached hydrogens (tertiary/aromatic N) is 1. The number of hydrogen-bond donors (Lipinski definition) is 1. The van der Waals surface area contributed by atoms with Crippen molar-refractivity contribution in [3.63, 3.8) is 0 Å². The molecule has 98 valence electrons. The quantitative estimate of drug-likeness (QED) is 0.831. The maximum absolute atomic E-state index is 11.9. The molecule has 1 rings (SSSR count). The highest BCUT2D eigenvalue weighted by Crippen LogP contribution is 2.29. The highest BCUT2D eigenvalue weighted by Gasteiger charge is 2.30. The molecule has 0 aromatic heterocycles. The maximum Gasteiger partial charge on any atom is 0.441 e. The largest absolute Gasteiger partial charge is 0.441 e. The molecule has 1 aliphatic rings. The van der Waals surface area contributed by atoms with Gasteiger partial charge in [-0.1, -0.05) is 0 Å². The molecule has 0 aromatic carbocycles. The summed E-state index contributed by atoms with van der Waals surface area (Å²) in [5.41, 5.74) is -4.28. The Kier molecular flexibility index (Phi) is 4.67. The normalized spacial score (nSPS) is 22.4. The van der Waals surface area contributed by atoms with Crippen LogP contribution in [0.25, 0.3) is 0 Å². The van der Waals surface area contributed by atoms with Crippen LogP contribution < -0.4 is 5.32 Å². The molecule has 2 amide bonds. The van der Waals surface area contributed by atoms with E-state index in [0.717, 1.165) is 0 Å². The third-order valence-corrected chi connectivity index (χ3v) is 3.01. The van der Waals surface area contributed by atoms with Gasteiger partial charge in [0.1, 0.15) is 6.04 Å². The van der Waals surface area contributed by atoms with Gasteiger partial charge in [0, 0.05) is 25.3 Å². The van der Waals surface area contributed by atoms with Gasteiger partial charge in [0.25, 0.3) is 0 Å². The minimum absolute atomic E-state index is 0.00229. The van der Waals surface area contributed by atoms with E-state index in [2.05, 4.69) is 5.32 Å². The van der Waals surface area contributed by atoms with Crippen LogP contribution in [0.5, 0.6) is 0 Å². The van der Waals surface area contributed by atoms with Gasteiger partial charge in [0.2, 0.25) is 11.8 Å². The summed E-state index contributed by atoms with van der Waals surface area (Å²) in [6.07, 6.45) is 0.132. The standard InChI is InChI=1S/C9H13F3N2O2S/c1-6-8(16)14(3-2-7(15)13-6)4-5-17-9(10,11)12/h6H,2-5H2,1H3,(H,13,15). The second kappa shape index (κ2) is 5.61. The fourth-order valence-corrected chi connectivity index (χ4v) is 2.03. The van der Waals surface area contributed by atoms with Crippen molar-refractivity contribution in [2.75, 3.05) is 18.8 Å². The minimum atomic E-state index is -4.28. The summed E-state index contributed by atoms with van der Waals surface area (Å²) in [5, 5.41) is 2.47. The molecule has 0 radical (unpaired) electrons. The molecular weight excluding hydrogens is 257 g/mol. The van der Waals surface area contributed by atoms with E-state index in [1.165, 1.54) is 11.8 Å². The molecule has 1 saturated heterocycles. The van der Waals surface area contributed by atoms with Crippen LogP contribution in [0.2, 0.25) is 0 Å². The molecule has 0 aliphatic carbocycles. The number of carbonyl (C=O) groups excluding carboxylic acids is 2. The van der Waals surface area contributed by atoms with Crippen LogP contribution in [0.3, 0.4) is 0 Å². The molecule has 1 atom stereocenters. The molecule has 0 aromatic rings. The number of halogens is 3. The number of rotatable bonds is 3. The molecule has 1 aliphatic heterocycles. The van der Waals surface area contributed by atoms with E-state index in [1.54, 1.807) is 0 Å². The van der Waals surface area contributed by atoms with Crippen LogP contribution >= 0.6 is 11.8 Å². The SMILES string of the molecule is CC1NC(=O)CCN(CCSC(F)(F)F)C1=O. The smallest absolute Gasteiger partial charge is 0.345 e. The van der Waals surface area contributed by atoms with Crippen molar-refractivity contribution >= 4 is 23.6 Å². The molecule has 8 heteroatoms. The third kappa shape index (κ3) is 4.84. The Morgan fingerprint density at radius 2 is 2.12 bits per heavy atom. The molecule has 0 bridgehead atoms. The van der Waals surface area contributed by atoms with Crippen molar-refractivity contribution in [3.8, 4) is 0 Å². The summed E-state index contributed by atoms with van der Waals surface area (Å²) >= 11 is -0.161. The first-order valence-electron chi connectivity index (χ1n) is 5.08. The molecule has 0 saturated carbocycles. The minimum Gasteiger partial charge on any atom is -0.345 e. The predicted octanol–water partition coefficient (Wildman–Crippen LogP) is 0.976. The highest BCUT2D eigenvalue weighted by atomic mass is 32.2. The lowest BCUT2D eigenvalue weighted by molar-refractivity contribution is -0.132. The van der Waals surface area contributed by atoms with Crippen LogP contribution in [0.4, 0.5) is 13.2 Å². The van der Waals surface area contributed by atoms with E-state index in [4.69, 9.17) is 0 Å². The van der Waals surface area contributed by atoms with Crippen LogP contribution in [-0.4, -0.2) is 47.1 Å². The molecule has 17 heavy (non-hydrogen) atoms. The van der Waals surface area contributed by atoms with Gasteiger partial charge in [0.05, 0.1) is 0 Å². The van der Waals surface area contributed by atoms with E-state index in [1.807, 2.05) is 0 Å². The first-order valence-corrected chi connectivity index (χ1v) is 6.07. The fraction of sp³-hybridized carbons (Fsp3) is 0.778. The summed E-state index contributed by atoms with van der Waals surface area (Å²) in [5.74, 6) is -0.800. The van der Waals surface area contributed by atoms with Crippen molar-refractivity contribution in [2.24, 2.45) is 0 Å². The topological polar surface area (TPSA) is 49.4 Å². The monoisotopic (exact) mass is 270 g/mol. The van der Waals surface area contributed by atoms with Gasteiger partial charge >= 0.3 is 5.51 Å². The lowest BCUT2D eigenvalue weighted by atomic mass is 10.3. The lowest BCUT2D eigenvalue weighted by Gasteiger charge is -2.22. The Morgan fingerprint density at radius 1 is 1.47 bits per heavy atom. The molecule has 0 spiro atoms. The lowest BCUT2D eigenvalue weighted by Crippen LogP contribution is -2.43. The molecule has 1 fully saturated rings. The highest BCUT2D eigenvalue weighted by molar-refractivity contribution is 8.00. The first-order chi connectivity index (χ1) is 7.79. The second-order valence-electron chi connectivity index (χ2n) is 3.66. The third-order valence-electron chi connectivity index (χ3n) is 2.30. The van der Waals surface area contributed by atoms with Gasteiger partial charge in [-0.3, -0.25) is 9.59 Å². The van der Waals surface area contributed by atoms with Crippen molar-refractivity contribution in [1.82, 2.24) is 10.2 Å². The Labute approximate surface area is 101 Å². The van der Waals surface area contributed by atoms with Gasteiger partial charge in [-0.25, -0.2) is 0 Å². The molecule has 1 N–H and O–H groups in total. The van der Waals surface area contributed by atoms with Crippen molar-refractivity contribution in [3.05, 3.63) is 0 Å². The van der Waals surface area contributed by atoms with E-state index in [9.17, 15) is 22.8 Å². The van der Waals surface area contributed by atoms with Crippen LogP contribution in [-0.2, 0) is 9.59 Å². The Balaban J connectivity index is 2.46. The fourth-order valence-electron chi connectivity index (χ4n) is 1.49. The molecular formula is C9H13F3N2O2S.